The molecule has 0 aliphatic heterocycles. The van der Waals surface area contributed by atoms with Crippen molar-refractivity contribution in [1.82, 2.24) is 14.5 Å². The second-order valence-corrected chi connectivity index (χ2v) is 5.94. The highest BCUT2D eigenvalue weighted by Crippen LogP contribution is 2.25. The van der Waals surface area contributed by atoms with E-state index in [9.17, 15) is 13.6 Å². The van der Waals surface area contributed by atoms with E-state index in [-0.39, 0.29) is 23.2 Å². The molecular formula is C18H14ClF2N3O3. The zero-order valence-electron chi connectivity index (χ0n) is 14.4. The third kappa shape index (κ3) is 4.06. The number of nitrogens with zero attached hydrogens (tertiary/aromatic N) is 3. The molecule has 3 rings (SSSR count). The molecule has 3 aromatic rings. The lowest BCUT2D eigenvalue weighted by Crippen LogP contribution is -2.21. The Hall–Kier alpha value is -3.00. The van der Waals surface area contributed by atoms with E-state index in [1.807, 2.05) is 0 Å². The molecule has 0 saturated carbocycles. The van der Waals surface area contributed by atoms with Crippen molar-refractivity contribution in [2.24, 2.45) is 0 Å². The van der Waals surface area contributed by atoms with Crippen molar-refractivity contribution in [3.05, 3.63) is 75.2 Å². The first-order chi connectivity index (χ1) is 12.9. The number of rotatable bonds is 5. The molecule has 3 heterocycles. The summed E-state index contributed by atoms with van der Waals surface area (Å²) in [5, 5.41) is 0.204. The second-order valence-electron chi connectivity index (χ2n) is 5.56. The van der Waals surface area contributed by atoms with Gasteiger partial charge in [0, 0.05) is 30.0 Å². The zero-order chi connectivity index (χ0) is 19.6. The molecule has 0 atom stereocenters. The molecule has 0 radical (unpaired) electrons. The Balaban J connectivity index is 1.92. The van der Waals surface area contributed by atoms with Crippen molar-refractivity contribution < 1.29 is 18.3 Å². The molecule has 0 aliphatic rings. The molecule has 0 amide bonds. The summed E-state index contributed by atoms with van der Waals surface area (Å²) in [6, 6.07) is 5.06. The van der Waals surface area contributed by atoms with Gasteiger partial charge in [-0.3, -0.25) is 14.3 Å². The molecule has 0 spiro atoms. The highest BCUT2D eigenvalue weighted by Gasteiger charge is 2.13. The first kappa shape index (κ1) is 18.8. The van der Waals surface area contributed by atoms with Crippen LogP contribution in [0.2, 0.25) is 5.15 Å². The molecule has 140 valence electrons. The van der Waals surface area contributed by atoms with E-state index in [4.69, 9.17) is 21.1 Å². The Morgan fingerprint density at radius 2 is 1.93 bits per heavy atom. The molecule has 0 bridgehead atoms. The largest absolute Gasteiger partial charge is 0.493 e. The third-order valence-electron chi connectivity index (χ3n) is 3.72. The van der Waals surface area contributed by atoms with Crippen LogP contribution in [-0.4, -0.2) is 21.6 Å². The summed E-state index contributed by atoms with van der Waals surface area (Å²) in [4.78, 5) is 20.1. The van der Waals surface area contributed by atoms with Gasteiger partial charge in [-0.15, -0.1) is 0 Å². The minimum Gasteiger partial charge on any atom is -0.493 e. The maximum absolute atomic E-state index is 13.6. The van der Waals surface area contributed by atoms with E-state index >= 15 is 0 Å². The van der Waals surface area contributed by atoms with E-state index < -0.39 is 17.2 Å². The standard InChI is InChI=1S/C18H14ClF2N3O3/c1-10-3-12(27-9-14-13(21)4-11(20)7-22-14)5-18(25)24(10)15-6-17(19)23-8-16(15)26-2/h3-8H,9H2,1-2H3. The van der Waals surface area contributed by atoms with Gasteiger partial charge in [-0.05, 0) is 6.92 Å². The normalized spacial score (nSPS) is 10.7. The fourth-order valence-electron chi connectivity index (χ4n) is 2.50. The van der Waals surface area contributed by atoms with E-state index in [1.54, 1.807) is 13.0 Å². The quantitative estimate of drug-likeness (QED) is 0.621. The van der Waals surface area contributed by atoms with Crippen LogP contribution in [0.4, 0.5) is 8.78 Å². The van der Waals surface area contributed by atoms with Gasteiger partial charge < -0.3 is 9.47 Å². The summed E-state index contributed by atoms with van der Waals surface area (Å²) in [5.74, 6) is -1.01. The van der Waals surface area contributed by atoms with Gasteiger partial charge in [0.15, 0.2) is 11.6 Å². The van der Waals surface area contributed by atoms with Gasteiger partial charge in [0.2, 0.25) is 0 Å². The minimum atomic E-state index is -0.823. The van der Waals surface area contributed by atoms with Crippen LogP contribution in [-0.2, 0) is 6.61 Å². The lowest BCUT2D eigenvalue weighted by Gasteiger charge is -2.15. The number of halogens is 3. The van der Waals surface area contributed by atoms with Gasteiger partial charge in [-0.2, -0.15) is 0 Å². The maximum atomic E-state index is 13.6. The number of ether oxygens (including phenoxy) is 2. The van der Waals surface area contributed by atoms with Crippen molar-refractivity contribution in [2.45, 2.75) is 13.5 Å². The lowest BCUT2D eigenvalue weighted by atomic mass is 10.3. The number of pyridine rings is 3. The Bertz CT molecular complexity index is 1060. The first-order valence-electron chi connectivity index (χ1n) is 7.75. The average molecular weight is 394 g/mol. The van der Waals surface area contributed by atoms with E-state index in [0.717, 1.165) is 6.20 Å². The summed E-state index contributed by atoms with van der Waals surface area (Å²) in [6.45, 7) is 1.44. The number of methoxy groups -OCH3 is 1. The Kier molecular flexibility index (Phi) is 5.36. The molecule has 0 N–H and O–H groups in total. The van der Waals surface area contributed by atoms with Gasteiger partial charge in [0.1, 0.15) is 29.0 Å². The highest BCUT2D eigenvalue weighted by atomic mass is 35.5. The highest BCUT2D eigenvalue weighted by molar-refractivity contribution is 6.29. The molecule has 3 aromatic heterocycles. The van der Waals surface area contributed by atoms with E-state index in [0.29, 0.717) is 23.2 Å². The first-order valence-corrected chi connectivity index (χ1v) is 8.13. The third-order valence-corrected chi connectivity index (χ3v) is 3.93. The fourth-order valence-corrected chi connectivity index (χ4v) is 2.66. The van der Waals surface area contributed by atoms with Gasteiger partial charge in [0.05, 0.1) is 25.2 Å². The summed E-state index contributed by atoms with van der Waals surface area (Å²) in [5.41, 5.74) is 0.488. The monoisotopic (exact) mass is 393 g/mol. The van der Waals surface area contributed by atoms with E-state index in [2.05, 4.69) is 9.97 Å². The molecule has 27 heavy (non-hydrogen) atoms. The molecule has 0 saturated heterocycles. The van der Waals surface area contributed by atoms with Crippen LogP contribution < -0.4 is 15.0 Å². The van der Waals surface area contributed by atoms with Crippen molar-refractivity contribution in [2.75, 3.05) is 7.11 Å². The lowest BCUT2D eigenvalue weighted by molar-refractivity contribution is 0.292. The number of hydrogen-bond acceptors (Lipinski definition) is 5. The molecule has 0 aromatic carbocycles. The molecular weight excluding hydrogens is 380 g/mol. The van der Waals surface area contributed by atoms with Crippen molar-refractivity contribution in [1.29, 1.82) is 0 Å². The predicted octanol–water partition coefficient (Wildman–Crippen LogP) is 3.46. The second kappa shape index (κ2) is 7.71. The van der Waals surface area contributed by atoms with Crippen LogP contribution in [0, 0.1) is 18.6 Å². The maximum Gasteiger partial charge on any atom is 0.259 e. The van der Waals surface area contributed by atoms with Crippen molar-refractivity contribution in [3.8, 4) is 17.2 Å². The molecule has 0 unspecified atom stereocenters. The minimum absolute atomic E-state index is 0.0687. The summed E-state index contributed by atoms with van der Waals surface area (Å²) in [6.07, 6.45) is 2.31. The predicted molar refractivity (Wildman–Crippen MR) is 94.6 cm³/mol. The molecule has 0 aliphatic carbocycles. The smallest absolute Gasteiger partial charge is 0.259 e. The van der Waals surface area contributed by atoms with Crippen LogP contribution in [0.15, 0.2) is 41.5 Å². The van der Waals surface area contributed by atoms with Crippen LogP contribution in [0.3, 0.4) is 0 Å². The Labute approximate surface area is 158 Å². The average Bonchev–Trinajstić information content (AvgIpc) is 2.60. The van der Waals surface area contributed by atoms with Crippen LogP contribution in [0.25, 0.3) is 5.69 Å². The SMILES string of the molecule is COc1cnc(Cl)cc1-n1c(C)cc(OCc2ncc(F)cc2F)cc1=O. The van der Waals surface area contributed by atoms with Gasteiger partial charge >= 0.3 is 0 Å². The van der Waals surface area contributed by atoms with Crippen LogP contribution in [0.5, 0.6) is 11.5 Å². The zero-order valence-corrected chi connectivity index (χ0v) is 15.1. The van der Waals surface area contributed by atoms with Gasteiger partial charge in [-0.1, -0.05) is 11.6 Å². The molecule has 0 fully saturated rings. The number of aryl methyl sites for hydroxylation is 1. The van der Waals surface area contributed by atoms with Crippen LogP contribution in [0.1, 0.15) is 11.4 Å². The summed E-state index contributed by atoms with van der Waals surface area (Å²) >= 11 is 5.93. The molecule has 9 heteroatoms. The van der Waals surface area contributed by atoms with E-state index in [1.165, 1.54) is 30.0 Å². The van der Waals surface area contributed by atoms with Gasteiger partial charge in [-0.25, -0.2) is 13.8 Å². The topological polar surface area (TPSA) is 66.2 Å². The summed E-state index contributed by atoms with van der Waals surface area (Å²) < 4.78 is 38.6. The number of aromatic nitrogens is 3. The fraction of sp³-hybridized carbons (Fsp3) is 0.167. The molecule has 6 nitrogen and oxygen atoms in total. The Morgan fingerprint density at radius 1 is 1.15 bits per heavy atom. The van der Waals surface area contributed by atoms with Crippen molar-refractivity contribution >= 4 is 11.6 Å². The Morgan fingerprint density at radius 3 is 2.59 bits per heavy atom. The number of hydrogen-bond donors (Lipinski definition) is 0. The summed E-state index contributed by atoms with van der Waals surface area (Å²) in [7, 11) is 1.45. The van der Waals surface area contributed by atoms with Crippen molar-refractivity contribution in [3.63, 3.8) is 0 Å². The van der Waals surface area contributed by atoms with Gasteiger partial charge in [0.25, 0.3) is 5.56 Å². The van der Waals surface area contributed by atoms with Crippen LogP contribution >= 0.6 is 11.6 Å².